The Balaban J connectivity index is 1.27. The highest BCUT2D eigenvalue weighted by molar-refractivity contribution is 5.74. The summed E-state index contributed by atoms with van der Waals surface area (Å²) in [5.74, 6) is 1.30. The average molecular weight is 336 g/mol. The lowest BCUT2D eigenvalue weighted by molar-refractivity contribution is 0.206. The number of nitrogens with zero attached hydrogens (tertiary/aromatic N) is 3. The molecule has 4 rings (SSSR count). The Labute approximate surface area is 148 Å². The van der Waals surface area contributed by atoms with E-state index in [1.165, 1.54) is 5.56 Å². The first-order valence-electron chi connectivity index (χ1n) is 9.01. The fourth-order valence-electron chi connectivity index (χ4n) is 3.81. The summed E-state index contributed by atoms with van der Waals surface area (Å²) in [7, 11) is 0. The molecule has 25 heavy (non-hydrogen) atoms. The molecule has 2 aromatic rings. The van der Waals surface area contributed by atoms with Crippen molar-refractivity contribution >= 4 is 6.03 Å². The van der Waals surface area contributed by atoms with Gasteiger partial charge in [-0.2, -0.15) is 5.10 Å². The lowest BCUT2D eigenvalue weighted by Gasteiger charge is -2.17. The molecule has 0 unspecified atom stereocenters. The minimum Gasteiger partial charge on any atom is -0.334 e. The number of hydrogen-bond acceptors (Lipinski definition) is 2. The number of allylic oxidation sites excluding steroid dienone is 2. The van der Waals surface area contributed by atoms with Crippen molar-refractivity contribution in [2.45, 2.75) is 25.9 Å². The topological polar surface area (TPSA) is 50.2 Å². The van der Waals surface area contributed by atoms with Crippen LogP contribution in [0.15, 0.2) is 54.9 Å². The number of carbonyl (C=O) groups excluding carboxylic acids is 1. The van der Waals surface area contributed by atoms with Gasteiger partial charge in [-0.05, 0) is 41.9 Å². The standard InChI is InChI=1S/C20H24N4O/c25-20(23-14-18-4-1-2-5-19(18)15-23)21-12-16-6-8-17(9-7-16)13-24-11-3-10-22-24/h1-3,6-11,18-19H,4-5,12-15H2,(H,21,25)/t18-,19-/m0/s1. The normalized spacial score (nSPS) is 22.0. The number of hydrogen-bond donors (Lipinski definition) is 1. The van der Waals surface area contributed by atoms with Gasteiger partial charge in [0, 0.05) is 32.0 Å². The van der Waals surface area contributed by atoms with Crippen molar-refractivity contribution in [3.05, 3.63) is 66.0 Å². The van der Waals surface area contributed by atoms with Crippen molar-refractivity contribution in [3.8, 4) is 0 Å². The quantitative estimate of drug-likeness (QED) is 0.873. The van der Waals surface area contributed by atoms with E-state index >= 15 is 0 Å². The van der Waals surface area contributed by atoms with E-state index < -0.39 is 0 Å². The molecule has 1 aliphatic carbocycles. The molecule has 130 valence electrons. The van der Waals surface area contributed by atoms with E-state index in [4.69, 9.17) is 0 Å². The average Bonchev–Trinajstić information content (AvgIpc) is 3.30. The van der Waals surface area contributed by atoms with Crippen molar-refractivity contribution in [1.82, 2.24) is 20.0 Å². The van der Waals surface area contributed by atoms with E-state index in [2.05, 4.69) is 46.8 Å². The van der Waals surface area contributed by atoms with Gasteiger partial charge in [-0.3, -0.25) is 4.68 Å². The van der Waals surface area contributed by atoms with Gasteiger partial charge in [0.15, 0.2) is 0 Å². The Morgan fingerprint density at radius 2 is 1.76 bits per heavy atom. The second-order valence-electron chi connectivity index (χ2n) is 7.05. The van der Waals surface area contributed by atoms with Gasteiger partial charge < -0.3 is 10.2 Å². The summed E-state index contributed by atoms with van der Waals surface area (Å²) in [5, 5.41) is 7.28. The lowest BCUT2D eigenvalue weighted by Crippen LogP contribution is -2.38. The summed E-state index contributed by atoms with van der Waals surface area (Å²) in [6.45, 7) is 3.13. The molecule has 2 atom stereocenters. The van der Waals surface area contributed by atoms with E-state index in [1.807, 2.05) is 21.8 Å². The van der Waals surface area contributed by atoms with Crippen molar-refractivity contribution in [2.24, 2.45) is 11.8 Å². The van der Waals surface area contributed by atoms with Crippen LogP contribution in [0.1, 0.15) is 24.0 Å². The number of nitrogens with one attached hydrogen (secondary N) is 1. The van der Waals surface area contributed by atoms with Crippen LogP contribution in [0.4, 0.5) is 4.79 Å². The van der Waals surface area contributed by atoms with Crippen molar-refractivity contribution in [3.63, 3.8) is 0 Å². The van der Waals surface area contributed by atoms with Gasteiger partial charge in [0.05, 0.1) is 6.54 Å². The molecule has 1 saturated heterocycles. The molecule has 2 amide bonds. The maximum atomic E-state index is 12.4. The first kappa shape index (κ1) is 15.9. The summed E-state index contributed by atoms with van der Waals surface area (Å²) in [6.07, 6.45) is 10.5. The highest BCUT2D eigenvalue weighted by atomic mass is 16.2. The number of likely N-dealkylation sites (tertiary alicyclic amines) is 1. The molecule has 2 aliphatic rings. The fourth-order valence-corrected chi connectivity index (χ4v) is 3.81. The SMILES string of the molecule is O=C(NCc1ccc(Cn2cccn2)cc1)N1C[C@@H]2CC=CC[C@H]2C1. The number of aromatic nitrogens is 2. The molecule has 2 heterocycles. The number of amides is 2. The van der Waals surface area contributed by atoms with Crippen molar-refractivity contribution < 1.29 is 4.79 Å². The molecule has 1 aliphatic heterocycles. The van der Waals surface area contributed by atoms with Crippen LogP contribution in [0, 0.1) is 11.8 Å². The molecule has 1 fully saturated rings. The van der Waals surface area contributed by atoms with Gasteiger partial charge >= 0.3 is 6.03 Å². The first-order chi connectivity index (χ1) is 12.3. The number of rotatable bonds is 4. The molecule has 1 aromatic carbocycles. The Morgan fingerprint density at radius 3 is 2.40 bits per heavy atom. The first-order valence-corrected chi connectivity index (χ1v) is 9.01. The third kappa shape index (κ3) is 3.76. The molecular formula is C20H24N4O. The van der Waals surface area contributed by atoms with Crippen LogP contribution >= 0.6 is 0 Å². The summed E-state index contributed by atoms with van der Waals surface area (Å²) >= 11 is 0. The monoisotopic (exact) mass is 336 g/mol. The van der Waals surface area contributed by atoms with Crippen LogP contribution in [-0.4, -0.2) is 33.8 Å². The van der Waals surface area contributed by atoms with Crippen LogP contribution in [0.25, 0.3) is 0 Å². The van der Waals surface area contributed by atoms with E-state index in [0.29, 0.717) is 18.4 Å². The summed E-state index contributed by atoms with van der Waals surface area (Å²) in [5.41, 5.74) is 2.32. The zero-order valence-electron chi connectivity index (χ0n) is 14.3. The second kappa shape index (κ2) is 7.13. The minimum absolute atomic E-state index is 0.0648. The third-order valence-corrected chi connectivity index (χ3v) is 5.28. The molecule has 1 aromatic heterocycles. The maximum Gasteiger partial charge on any atom is 0.317 e. The predicted octanol–water partition coefficient (Wildman–Crippen LogP) is 3.04. The predicted molar refractivity (Wildman–Crippen MR) is 96.9 cm³/mol. The Hall–Kier alpha value is -2.56. The van der Waals surface area contributed by atoms with E-state index in [-0.39, 0.29) is 6.03 Å². The Bertz CT molecular complexity index is 720. The van der Waals surface area contributed by atoms with E-state index in [0.717, 1.165) is 38.0 Å². The van der Waals surface area contributed by atoms with Crippen LogP contribution in [-0.2, 0) is 13.1 Å². The number of urea groups is 1. The van der Waals surface area contributed by atoms with E-state index in [9.17, 15) is 4.79 Å². The van der Waals surface area contributed by atoms with Crippen LogP contribution < -0.4 is 5.32 Å². The van der Waals surface area contributed by atoms with Crippen LogP contribution in [0.2, 0.25) is 0 Å². The third-order valence-electron chi connectivity index (χ3n) is 5.28. The number of fused-ring (bicyclic) bond motifs is 1. The summed E-state index contributed by atoms with van der Waals surface area (Å²) in [6, 6.07) is 10.3. The van der Waals surface area contributed by atoms with Gasteiger partial charge in [0.1, 0.15) is 0 Å². The van der Waals surface area contributed by atoms with Crippen molar-refractivity contribution in [1.29, 1.82) is 0 Å². The molecule has 1 N–H and O–H groups in total. The molecular weight excluding hydrogens is 312 g/mol. The lowest BCUT2D eigenvalue weighted by atomic mass is 9.86. The molecule has 5 nitrogen and oxygen atoms in total. The van der Waals surface area contributed by atoms with Crippen molar-refractivity contribution in [2.75, 3.05) is 13.1 Å². The largest absolute Gasteiger partial charge is 0.334 e. The second-order valence-corrected chi connectivity index (χ2v) is 7.05. The minimum atomic E-state index is 0.0648. The summed E-state index contributed by atoms with van der Waals surface area (Å²) < 4.78 is 1.90. The zero-order chi connectivity index (χ0) is 17.1. The highest BCUT2D eigenvalue weighted by Crippen LogP contribution is 2.32. The van der Waals surface area contributed by atoms with Crippen LogP contribution in [0.5, 0.6) is 0 Å². The molecule has 0 saturated carbocycles. The smallest absolute Gasteiger partial charge is 0.317 e. The number of benzene rings is 1. The zero-order valence-corrected chi connectivity index (χ0v) is 14.3. The van der Waals surface area contributed by atoms with Crippen LogP contribution in [0.3, 0.4) is 0 Å². The molecule has 0 radical (unpaired) electrons. The summed E-state index contributed by atoms with van der Waals surface area (Å²) in [4.78, 5) is 14.4. The van der Waals surface area contributed by atoms with Gasteiger partial charge in [-0.15, -0.1) is 0 Å². The van der Waals surface area contributed by atoms with Gasteiger partial charge in [0.2, 0.25) is 0 Å². The van der Waals surface area contributed by atoms with Gasteiger partial charge in [0.25, 0.3) is 0 Å². The van der Waals surface area contributed by atoms with E-state index in [1.54, 1.807) is 6.20 Å². The van der Waals surface area contributed by atoms with Gasteiger partial charge in [-0.1, -0.05) is 36.4 Å². The Morgan fingerprint density at radius 1 is 1.08 bits per heavy atom. The van der Waals surface area contributed by atoms with Gasteiger partial charge in [-0.25, -0.2) is 4.79 Å². The number of carbonyl (C=O) groups is 1. The molecule has 0 spiro atoms. The fraction of sp³-hybridized carbons (Fsp3) is 0.400. The highest BCUT2D eigenvalue weighted by Gasteiger charge is 2.34. The molecule has 5 heteroatoms. The maximum absolute atomic E-state index is 12.4. The molecule has 0 bridgehead atoms. The Kier molecular flexibility index (Phi) is 4.55.